The Bertz CT molecular complexity index is 1240. The van der Waals surface area contributed by atoms with Crippen molar-refractivity contribution in [2.75, 3.05) is 25.0 Å². The van der Waals surface area contributed by atoms with Crippen molar-refractivity contribution in [2.45, 2.75) is 68.4 Å². The molecular formula is C25H26F10N4O2. The van der Waals surface area contributed by atoms with Gasteiger partial charge in [0.1, 0.15) is 18.2 Å². The molecule has 1 aromatic carbocycles. The lowest BCUT2D eigenvalue weighted by Crippen LogP contribution is -2.60. The zero-order valence-electron chi connectivity index (χ0n) is 21.3. The Morgan fingerprint density at radius 2 is 1.61 bits per heavy atom. The Labute approximate surface area is 227 Å². The molecule has 16 heteroatoms. The standard InChI is InChI=1S/C25H26F10N4O2/c26-22(27,24(31,32)25(33,34)35)20(41)14-1-4-16(5-2-14)39-10-13(11-39)7-17(40)9-36-21-18-8-15(23(28,29)30)3-6-19(18)37-12-38-21/h3,6,8,12-14,16,20,41H,1-2,4-5,7,9-11H2,(H,36,37,38). The Morgan fingerprint density at radius 3 is 2.20 bits per heavy atom. The van der Waals surface area contributed by atoms with Crippen LogP contribution in [0.4, 0.5) is 49.7 Å². The summed E-state index contributed by atoms with van der Waals surface area (Å²) in [5.41, 5.74) is -0.627. The topological polar surface area (TPSA) is 78.4 Å². The number of aromatic nitrogens is 2. The van der Waals surface area contributed by atoms with E-state index >= 15 is 0 Å². The molecule has 2 fully saturated rings. The van der Waals surface area contributed by atoms with Crippen molar-refractivity contribution in [2.24, 2.45) is 11.8 Å². The number of hydrogen-bond acceptors (Lipinski definition) is 6. The van der Waals surface area contributed by atoms with Gasteiger partial charge in [-0.25, -0.2) is 9.97 Å². The Kier molecular flexibility index (Phi) is 8.48. The third-order valence-electron chi connectivity index (χ3n) is 7.77. The van der Waals surface area contributed by atoms with Gasteiger partial charge in [0.15, 0.2) is 5.78 Å². The minimum Gasteiger partial charge on any atom is -0.386 e. The number of ketones is 1. The Balaban J connectivity index is 1.23. The van der Waals surface area contributed by atoms with E-state index < -0.39 is 41.8 Å². The van der Waals surface area contributed by atoms with Crippen LogP contribution < -0.4 is 5.32 Å². The lowest BCUT2D eigenvalue weighted by Gasteiger charge is -2.47. The first kappa shape index (κ1) is 31.2. The van der Waals surface area contributed by atoms with Gasteiger partial charge >= 0.3 is 24.2 Å². The van der Waals surface area contributed by atoms with Gasteiger partial charge in [0.05, 0.1) is 17.6 Å². The summed E-state index contributed by atoms with van der Waals surface area (Å²) in [7, 11) is 0. The molecule has 6 nitrogen and oxygen atoms in total. The predicted octanol–water partition coefficient (Wildman–Crippen LogP) is 5.70. The fourth-order valence-electron chi connectivity index (χ4n) is 5.44. The van der Waals surface area contributed by atoms with Gasteiger partial charge in [-0.3, -0.25) is 9.69 Å². The summed E-state index contributed by atoms with van der Waals surface area (Å²) in [5.74, 6) is -13.7. The fraction of sp³-hybridized carbons (Fsp3) is 0.640. The van der Waals surface area contributed by atoms with Crippen molar-refractivity contribution in [3.8, 4) is 0 Å². The summed E-state index contributed by atoms with van der Waals surface area (Å²) >= 11 is 0. The molecule has 1 aliphatic carbocycles. The molecule has 1 saturated heterocycles. The highest BCUT2D eigenvalue weighted by molar-refractivity contribution is 5.91. The summed E-state index contributed by atoms with van der Waals surface area (Å²) < 4.78 is 131. The van der Waals surface area contributed by atoms with Crippen LogP contribution in [0.25, 0.3) is 10.9 Å². The van der Waals surface area contributed by atoms with Crippen LogP contribution in [0.5, 0.6) is 0 Å². The number of anilines is 1. The van der Waals surface area contributed by atoms with Gasteiger partial charge in [0.25, 0.3) is 0 Å². The number of nitrogens with zero attached hydrogens (tertiary/aromatic N) is 3. The molecule has 0 radical (unpaired) electrons. The molecule has 1 aliphatic heterocycles. The number of Topliss-reactive ketones (excluding diaryl/α,β-unsaturated/α-hetero) is 1. The highest BCUT2D eigenvalue weighted by Gasteiger charge is 2.76. The average Bonchev–Trinajstić information content (AvgIpc) is 2.87. The van der Waals surface area contributed by atoms with Gasteiger partial charge in [-0.15, -0.1) is 0 Å². The van der Waals surface area contributed by atoms with E-state index in [9.17, 15) is 53.8 Å². The Morgan fingerprint density at radius 1 is 0.976 bits per heavy atom. The molecule has 0 bridgehead atoms. The number of halogens is 10. The van der Waals surface area contributed by atoms with Gasteiger partial charge in [-0.2, -0.15) is 43.9 Å². The molecule has 1 saturated carbocycles. The summed E-state index contributed by atoms with van der Waals surface area (Å²) in [6.07, 6.45) is -12.8. The minimum atomic E-state index is -6.51. The summed E-state index contributed by atoms with van der Waals surface area (Å²) in [6, 6.07) is 2.83. The third-order valence-corrected chi connectivity index (χ3v) is 7.77. The van der Waals surface area contributed by atoms with Crippen molar-refractivity contribution in [1.29, 1.82) is 0 Å². The third kappa shape index (κ3) is 6.37. The quantitative estimate of drug-likeness (QED) is 0.358. The summed E-state index contributed by atoms with van der Waals surface area (Å²) in [5, 5.41) is 12.6. The van der Waals surface area contributed by atoms with Crippen LogP contribution >= 0.6 is 0 Å². The molecule has 41 heavy (non-hydrogen) atoms. The van der Waals surface area contributed by atoms with Gasteiger partial charge < -0.3 is 10.4 Å². The normalized spacial score (nSPS) is 22.4. The smallest absolute Gasteiger partial charge is 0.386 e. The molecule has 1 atom stereocenters. The average molecular weight is 604 g/mol. The monoisotopic (exact) mass is 604 g/mol. The lowest BCUT2D eigenvalue weighted by atomic mass is 9.78. The van der Waals surface area contributed by atoms with E-state index in [2.05, 4.69) is 15.3 Å². The number of rotatable bonds is 9. The molecule has 2 N–H and O–H groups in total. The number of hydrogen-bond donors (Lipinski definition) is 2. The second-order valence-electron chi connectivity index (χ2n) is 10.6. The van der Waals surface area contributed by atoms with E-state index in [0.717, 1.165) is 18.5 Å². The van der Waals surface area contributed by atoms with Crippen LogP contribution in [0.3, 0.4) is 0 Å². The number of nitrogens with one attached hydrogen (secondary N) is 1. The largest absolute Gasteiger partial charge is 0.459 e. The van der Waals surface area contributed by atoms with Gasteiger partial charge in [0.2, 0.25) is 0 Å². The highest BCUT2D eigenvalue weighted by Crippen LogP contribution is 2.50. The molecule has 0 spiro atoms. The van der Waals surface area contributed by atoms with E-state index in [-0.39, 0.29) is 73.1 Å². The number of aliphatic hydroxyl groups excluding tert-OH is 1. The molecule has 1 unspecified atom stereocenters. The van der Waals surface area contributed by atoms with E-state index in [1.807, 2.05) is 4.90 Å². The summed E-state index contributed by atoms with van der Waals surface area (Å²) in [6.45, 7) is 0.743. The first-order chi connectivity index (χ1) is 18.9. The zero-order chi connectivity index (χ0) is 30.4. The zero-order valence-corrected chi connectivity index (χ0v) is 21.3. The van der Waals surface area contributed by atoms with E-state index in [1.165, 1.54) is 6.07 Å². The first-order valence-corrected chi connectivity index (χ1v) is 12.7. The van der Waals surface area contributed by atoms with E-state index in [1.54, 1.807) is 0 Å². The number of carbonyl (C=O) groups excluding carboxylic acids is 1. The molecule has 2 heterocycles. The number of benzene rings is 1. The van der Waals surface area contributed by atoms with Crippen molar-refractivity contribution < 1.29 is 53.8 Å². The Hall–Kier alpha value is -2.75. The number of alkyl halides is 10. The number of likely N-dealkylation sites (tertiary alicyclic amines) is 1. The minimum absolute atomic E-state index is 0.0543. The second kappa shape index (κ2) is 11.2. The number of aliphatic hydroxyl groups is 1. The van der Waals surface area contributed by atoms with Crippen molar-refractivity contribution in [3.63, 3.8) is 0 Å². The van der Waals surface area contributed by atoms with Crippen LogP contribution in [-0.4, -0.2) is 75.6 Å². The summed E-state index contributed by atoms with van der Waals surface area (Å²) in [4.78, 5) is 22.3. The van der Waals surface area contributed by atoms with Crippen LogP contribution in [0.15, 0.2) is 24.5 Å². The second-order valence-corrected chi connectivity index (χ2v) is 10.6. The molecule has 1 aromatic heterocycles. The van der Waals surface area contributed by atoms with Gasteiger partial charge in [-0.1, -0.05) is 0 Å². The molecule has 2 aliphatic rings. The van der Waals surface area contributed by atoms with Crippen LogP contribution in [0.1, 0.15) is 37.7 Å². The molecular weight excluding hydrogens is 578 g/mol. The SMILES string of the molecule is O=C(CNc1ncnc2ccc(C(F)(F)F)cc12)CC1CN(C2CCC(C(O)C(F)(F)C(F)(F)C(F)(F)F)CC2)C1. The van der Waals surface area contributed by atoms with Crippen molar-refractivity contribution >= 4 is 22.5 Å². The fourth-order valence-corrected chi connectivity index (χ4v) is 5.44. The van der Waals surface area contributed by atoms with Crippen molar-refractivity contribution in [1.82, 2.24) is 14.9 Å². The van der Waals surface area contributed by atoms with Gasteiger partial charge in [0, 0.05) is 30.9 Å². The van der Waals surface area contributed by atoms with E-state index in [0.29, 0.717) is 13.1 Å². The molecule has 228 valence electrons. The van der Waals surface area contributed by atoms with Crippen LogP contribution in [-0.2, 0) is 11.0 Å². The van der Waals surface area contributed by atoms with Gasteiger partial charge in [-0.05, 0) is 55.7 Å². The molecule has 2 aromatic rings. The van der Waals surface area contributed by atoms with E-state index in [4.69, 9.17) is 0 Å². The predicted molar refractivity (Wildman–Crippen MR) is 125 cm³/mol. The molecule has 4 rings (SSSR count). The lowest BCUT2D eigenvalue weighted by molar-refractivity contribution is -0.375. The van der Waals surface area contributed by atoms with Crippen LogP contribution in [0.2, 0.25) is 0 Å². The van der Waals surface area contributed by atoms with Crippen LogP contribution in [0, 0.1) is 11.8 Å². The maximum atomic E-state index is 13.9. The molecule has 0 amide bonds. The highest BCUT2D eigenvalue weighted by atomic mass is 19.4. The van der Waals surface area contributed by atoms with Crippen molar-refractivity contribution in [3.05, 3.63) is 30.1 Å². The number of carbonyl (C=O) groups is 1. The number of fused-ring (bicyclic) bond motifs is 1. The maximum Gasteiger partial charge on any atom is 0.459 e. The first-order valence-electron chi connectivity index (χ1n) is 12.7. The maximum absolute atomic E-state index is 13.9.